The normalized spacial score (nSPS) is 35.7. The molecule has 146 valence electrons. The lowest BCUT2D eigenvalue weighted by molar-refractivity contribution is -0.132. The molecule has 0 aromatic carbocycles. The number of pyridine rings is 1. The van der Waals surface area contributed by atoms with Crippen molar-refractivity contribution in [3.63, 3.8) is 0 Å². The Balaban J connectivity index is 1.28. The molecule has 3 N–H and O–H groups in total. The number of piperidine rings is 1. The Hall–Kier alpha value is -2.02. The fourth-order valence-corrected chi connectivity index (χ4v) is 4.99. The Kier molecular flexibility index (Phi) is 3.48. The summed E-state index contributed by atoms with van der Waals surface area (Å²) in [5.74, 6) is 2.56. The second-order valence-corrected chi connectivity index (χ2v) is 9.62. The third-order valence-corrected chi connectivity index (χ3v) is 6.86. The van der Waals surface area contributed by atoms with Crippen LogP contribution in [0.15, 0.2) is 12.1 Å². The average molecular weight is 373 g/mol. The van der Waals surface area contributed by atoms with Crippen molar-refractivity contribution in [3.8, 4) is 11.8 Å². The van der Waals surface area contributed by atoms with Crippen LogP contribution in [0.25, 0.3) is 0 Å². The van der Waals surface area contributed by atoms with Gasteiger partial charge in [-0.1, -0.05) is 0 Å². The van der Waals surface area contributed by atoms with Gasteiger partial charge in [0.05, 0.1) is 6.61 Å². The minimum Gasteiger partial charge on any atom is -0.477 e. The van der Waals surface area contributed by atoms with Gasteiger partial charge in [0, 0.05) is 48.0 Å². The predicted molar refractivity (Wildman–Crippen MR) is 97.7 cm³/mol. The first-order chi connectivity index (χ1) is 12.7. The fourth-order valence-electron chi connectivity index (χ4n) is 4.99. The highest BCUT2D eigenvalue weighted by Gasteiger charge is 2.59. The molecule has 0 radical (unpaired) electrons. The maximum Gasteiger partial charge on any atom is 0.407 e. The van der Waals surface area contributed by atoms with Gasteiger partial charge in [0.25, 0.3) is 0 Å². The van der Waals surface area contributed by atoms with Crippen molar-refractivity contribution in [3.05, 3.63) is 17.7 Å². The number of ether oxygens (including phenoxy) is 2. The number of aromatic nitrogens is 1. The summed E-state index contributed by atoms with van der Waals surface area (Å²) >= 11 is 0. The number of nitrogens with zero attached hydrogens (tertiary/aromatic N) is 2. The Labute approximate surface area is 158 Å². The van der Waals surface area contributed by atoms with Crippen LogP contribution in [0.4, 0.5) is 4.79 Å². The van der Waals surface area contributed by atoms with Gasteiger partial charge in [0.15, 0.2) is 0 Å². The van der Waals surface area contributed by atoms with Gasteiger partial charge >= 0.3 is 6.09 Å². The Morgan fingerprint density at radius 2 is 1.93 bits per heavy atom. The summed E-state index contributed by atoms with van der Waals surface area (Å²) in [4.78, 5) is 17.1. The van der Waals surface area contributed by atoms with Gasteiger partial charge in [-0.25, -0.2) is 4.79 Å². The number of hydrogen-bond donors (Lipinski definition) is 2. The van der Waals surface area contributed by atoms with E-state index in [2.05, 4.69) is 4.98 Å². The fraction of sp³-hybridized carbons (Fsp3) is 0.700. The van der Waals surface area contributed by atoms with Crippen LogP contribution in [0, 0.1) is 23.2 Å². The number of nitrogens with two attached hydrogens (primary N) is 1. The molecule has 1 aromatic rings. The molecular formula is C20H27N3O4. The van der Waals surface area contributed by atoms with Crippen LogP contribution in [0.1, 0.15) is 38.7 Å². The Morgan fingerprint density at radius 1 is 1.30 bits per heavy atom. The van der Waals surface area contributed by atoms with E-state index in [9.17, 15) is 4.79 Å². The van der Waals surface area contributed by atoms with Gasteiger partial charge < -0.3 is 25.2 Å². The van der Waals surface area contributed by atoms with E-state index in [0.29, 0.717) is 36.9 Å². The molecule has 7 nitrogen and oxygen atoms in total. The monoisotopic (exact) mass is 373 g/mol. The van der Waals surface area contributed by atoms with Crippen molar-refractivity contribution in [2.45, 2.75) is 44.8 Å². The van der Waals surface area contributed by atoms with Crippen LogP contribution in [0.3, 0.4) is 0 Å². The number of likely N-dealkylation sites (tertiary alicyclic amines) is 1. The van der Waals surface area contributed by atoms with Crippen LogP contribution in [-0.2, 0) is 5.54 Å². The smallest absolute Gasteiger partial charge is 0.407 e. The van der Waals surface area contributed by atoms with Crippen molar-refractivity contribution in [2.75, 3.05) is 19.7 Å². The highest BCUT2D eigenvalue weighted by molar-refractivity contribution is 5.65. The lowest BCUT2D eigenvalue weighted by Crippen LogP contribution is -2.55. The molecule has 1 aliphatic heterocycles. The summed E-state index contributed by atoms with van der Waals surface area (Å²) in [7, 11) is 0. The molecule has 27 heavy (non-hydrogen) atoms. The zero-order valence-corrected chi connectivity index (χ0v) is 15.9. The first-order valence-electron chi connectivity index (χ1n) is 9.81. The van der Waals surface area contributed by atoms with E-state index in [1.54, 1.807) is 0 Å². The number of fused-ring (bicyclic) bond motifs is 1. The van der Waals surface area contributed by atoms with Crippen molar-refractivity contribution < 1.29 is 19.4 Å². The maximum atomic E-state index is 11.1. The molecule has 5 aliphatic rings. The molecule has 4 aliphatic carbocycles. The first-order valence-corrected chi connectivity index (χ1v) is 9.81. The zero-order valence-electron chi connectivity index (χ0n) is 15.9. The molecular weight excluding hydrogens is 346 g/mol. The summed E-state index contributed by atoms with van der Waals surface area (Å²) in [6.07, 6.45) is 3.03. The molecule has 1 saturated heterocycles. The maximum absolute atomic E-state index is 11.1. The largest absolute Gasteiger partial charge is 0.477 e. The van der Waals surface area contributed by atoms with Crippen molar-refractivity contribution in [1.82, 2.24) is 9.88 Å². The molecule has 1 unspecified atom stereocenters. The second-order valence-electron chi connectivity index (χ2n) is 9.62. The summed E-state index contributed by atoms with van der Waals surface area (Å²) in [6.45, 7) is 5.70. The summed E-state index contributed by atoms with van der Waals surface area (Å²) in [6, 6.07) is 3.80. The highest BCUT2D eigenvalue weighted by Crippen LogP contribution is 2.64. The molecule has 7 heteroatoms. The van der Waals surface area contributed by atoms with E-state index < -0.39 is 11.6 Å². The Bertz CT molecular complexity index is 761. The lowest BCUT2D eigenvalue weighted by Gasteiger charge is -2.61. The zero-order chi connectivity index (χ0) is 19.0. The average Bonchev–Trinajstić information content (AvgIpc) is 2.95. The van der Waals surface area contributed by atoms with Gasteiger partial charge in [-0.05, 0) is 44.6 Å². The standard InChI is InChI=1S/C20H27N3O4/c1-19(2,21)12-3-15(26-10-20-5-11(6-20)7-20)22-16(4-12)27-17-13-8-23(18(24)25)9-14(13)17/h3-4,11,13-14,17H,5-10,21H2,1-2H3,(H,24,25)/t11?,13-,14+,17?,20?. The van der Waals surface area contributed by atoms with Gasteiger partial charge in [-0.15, -0.1) is 0 Å². The van der Waals surface area contributed by atoms with Crippen LogP contribution in [0.2, 0.25) is 0 Å². The number of hydrogen-bond acceptors (Lipinski definition) is 5. The van der Waals surface area contributed by atoms with E-state index in [1.807, 2.05) is 26.0 Å². The molecule has 3 atom stereocenters. The minimum atomic E-state index is -0.852. The van der Waals surface area contributed by atoms with Crippen LogP contribution < -0.4 is 15.2 Å². The summed E-state index contributed by atoms with van der Waals surface area (Å²) < 4.78 is 12.2. The van der Waals surface area contributed by atoms with Gasteiger partial charge in [0.1, 0.15) is 6.10 Å². The number of carbonyl (C=O) groups is 1. The van der Waals surface area contributed by atoms with Crippen molar-refractivity contribution in [2.24, 2.45) is 28.9 Å². The Morgan fingerprint density at radius 3 is 2.44 bits per heavy atom. The predicted octanol–water partition coefficient (Wildman–Crippen LogP) is 2.44. The summed E-state index contributed by atoms with van der Waals surface area (Å²) in [5.41, 5.74) is 7.09. The minimum absolute atomic E-state index is 0.0368. The first kappa shape index (κ1) is 17.1. The molecule has 1 aromatic heterocycles. The van der Waals surface area contributed by atoms with Gasteiger partial charge in [-0.2, -0.15) is 4.98 Å². The van der Waals surface area contributed by atoms with E-state index in [4.69, 9.17) is 20.3 Å². The van der Waals surface area contributed by atoms with Crippen molar-refractivity contribution in [1.29, 1.82) is 0 Å². The third kappa shape index (κ3) is 2.92. The number of rotatable bonds is 6. The molecule has 2 heterocycles. The van der Waals surface area contributed by atoms with Crippen molar-refractivity contribution >= 4 is 6.09 Å². The van der Waals surface area contributed by atoms with Gasteiger partial charge in [-0.3, -0.25) is 0 Å². The SMILES string of the molecule is CC(C)(N)c1cc(OCC23CC(C2)C3)nc(OC2[C@H]3CN(C(=O)O)C[C@@H]23)c1. The molecule has 4 saturated carbocycles. The quantitative estimate of drug-likeness (QED) is 0.795. The van der Waals surface area contributed by atoms with Gasteiger partial charge in [0.2, 0.25) is 11.8 Å². The molecule has 0 spiro atoms. The molecule has 5 fully saturated rings. The molecule has 2 bridgehead atoms. The van der Waals surface area contributed by atoms with E-state index in [-0.39, 0.29) is 17.9 Å². The topological polar surface area (TPSA) is 97.9 Å². The number of carboxylic acid groups (broad SMARTS) is 1. The highest BCUT2D eigenvalue weighted by atomic mass is 16.5. The van der Waals surface area contributed by atoms with Crippen LogP contribution in [-0.4, -0.2) is 46.9 Å². The van der Waals surface area contributed by atoms with Crippen LogP contribution >= 0.6 is 0 Å². The van der Waals surface area contributed by atoms with Crippen LogP contribution in [0.5, 0.6) is 11.8 Å². The molecule has 1 amide bonds. The third-order valence-electron chi connectivity index (χ3n) is 6.86. The van der Waals surface area contributed by atoms with E-state index >= 15 is 0 Å². The number of amides is 1. The van der Waals surface area contributed by atoms with E-state index in [0.717, 1.165) is 11.5 Å². The second kappa shape index (κ2) is 5.50. The lowest BCUT2D eigenvalue weighted by atomic mass is 9.45. The van der Waals surface area contributed by atoms with E-state index in [1.165, 1.54) is 24.2 Å². The summed E-state index contributed by atoms with van der Waals surface area (Å²) in [5, 5.41) is 9.09. The molecule has 6 rings (SSSR count).